The Hall–Kier alpha value is -14.1. The first-order valence-corrected chi connectivity index (χ1v) is 47.8. The first kappa shape index (κ1) is 87.9. The topological polar surface area (TPSA) is 127 Å². The van der Waals surface area contributed by atoms with E-state index in [1.54, 1.807) is 0 Å². The van der Waals surface area contributed by atoms with Gasteiger partial charge in [-0.2, -0.15) is 0 Å². The minimum Gasteiger partial charge on any atom is -0.423 e. The predicted molar refractivity (Wildman–Crippen MR) is 575 cm³/mol. The number of benzene rings is 12. The van der Waals surface area contributed by atoms with Crippen LogP contribution in [-0.4, -0.2) is 64.1 Å². The predicted octanol–water partition coefficient (Wildman–Crippen LogP) is 31.0. The van der Waals surface area contributed by atoms with Crippen LogP contribution in [0.2, 0.25) is 0 Å². The number of fused-ring (bicyclic) bond motifs is 5. The molecule has 26 rings (SSSR count). The van der Waals surface area contributed by atoms with Gasteiger partial charge in [0.1, 0.15) is 37.6 Å². The fourth-order valence-electron chi connectivity index (χ4n) is 18.0. The number of allylic oxidation sites excluding steroid dienone is 14. The van der Waals surface area contributed by atoms with Crippen molar-refractivity contribution in [2.75, 3.05) is 0 Å². The van der Waals surface area contributed by atoms with Crippen molar-refractivity contribution in [1.82, 2.24) is 46.9 Å². The molecule has 10 aromatic heterocycles. The molecule has 1 unspecified atom stereocenters. The Labute approximate surface area is 822 Å². The van der Waals surface area contributed by atoms with Crippen molar-refractivity contribution < 1.29 is 10.0 Å². The number of halogens is 5. The Bertz CT molecular complexity index is 8140. The Kier molecular flexibility index (Phi) is 25.6. The maximum absolute atomic E-state index is 9.53. The maximum atomic E-state index is 9.53. The lowest BCUT2D eigenvalue weighted by atomic mass is 9.61. The zero-order chi connectivity index (χ0) is 90.0. The highest BCUT2D eigenvalue weighted by molar-refractivity contribution is 14.1. The van der Waals surface area contributed by atoms with Gasteiger partial charge in [-0.15, -0.1) is 0 Å². The molecule has 18 heteroatoms. The van der Waals surface area contributed by atoms with E-state index >= 15 is 0 Å². The molecular weight excluding hydrogens is 2020 g/mol. The molecule has 4 aliphatic carbocycles. The second kappa shape index (κ2) is 39.0. The van der Waals surface area contributed by atoms with E-state index in [2.05, 4.69) is 381 Å². The number of rotatable bonds is 10. The van der Waals surface area contributed by atoms with Gasteiger partial charge in [-0.3, -0.25) is 17.6 Å². The van der Waals surface area contributed by atoms with E-state index in [0.29, 0.717) is 5.47 Å². The molecule has 0 bridgehead atoms. The molecule has 0 spiro atoms. The van der Waals surface area contributed by atoms with Crippen molar-refractivity contribution in [2.24, 2.45) is 5.92 Å². The van der Waals surface area contributed by atoms with E-state index in [0.717, 1.165) is 141 Å². The summed E-state index contributed by atoms with van der Waals surface area (Å²) < 4.78 is 16.0. The molecule has 646 valence electrons. The summed E-state index contributed by atoms with van der Waals surface area (Å²) in [4.78, 5) is 23.9. The zero-order valence-electron chi connectivity index (χ0n) is 71.3. The number of imidazole rings is 5. The van der Waals surface area contributed by atoms with Crippen LogP contribution in [-0.2, 0) is 0 Å². The summed E-state index contributed by atoms with van der Waals surface area (Å²) in [5.41, 5.74) is 31.6. The van der Waals surface area contributed by atoms with Gasteiger partial charge in [0.15, 0.2) is 0 Å². The van der Waals surface area contributed by atoms with Crippen LogP contribution >= 0.6 is 86.3 Å². The number of hydrogen-bond acceptors (Lipinski definition) is 7. The zero-order valence-corrected chi connectivity index (χ0v) is 79.8. The van der Waals surface area contributed by atoms with Crippen molar-refractivity contribution in [2.45, 2.75) is 13.8 Å². The van der Waals surface area contributed by atoms with Gasteiger partial charge in [-0.1, -0.05) is 368 Å². The average molecular weight is 2110 g/mol. The Balaban J connectivity index is 0.000000102. The van der Waals surface area contributed by atoms with Gasteiger partial charge < -0.3 is 14.4 Å². The number of nitrogens with zero attached hydrogens (tertiary/aromatic N) is 10. The minimum atomic E-state index is -1.41. The monoisotopic (exact) mass is 2100 g/mol. The van der Waals surface area contributed by atoms with Crippen LogP contribution in [0.5, 0.6) is 0 Å². The van der Waals surface area contributed by atoms with E-state index in [1.807, 2.05) is 181 Å². The Morgan fingerprint density at radius 2 is 0.731 bits per heavy atom. The van der Waals surface area contributed by atoms with E-state index in [1.165, 1.54) is 76.9 Å². The lowest BCUT2D eigenvalue weighted by Crippen LogP contribution is -2.28. The van der Waals surface area contributed by atoms with Gasteiger partial charge in [0.2, 0.25) is 0 Å². The highest BCUT2D eigenvalue weighted by Crippen LogP contribution is 2.50. The Morgan fingerprint density at radius 3 is 1.21 bits per heavy atom. The third-order valence-corrected chi connectivity index (χ3v) is 27.4. The molecule has 0 aliphatic heterocycles. The molecule has 22 aromatic rings. The molecule has 12 aromatic carbocycles. The molecule has 0 amide bonds. The van der Waals surface area contributed by atoms with Gasteiger partial charge in [0, 0.05) is 105 Å². The summed E-state index contributed by atoms with van der Waals surface area (Å²) >= 11 is 16.2. The van der Waals surface area contributed by atoms with Gasteiger partial charge in [0.05, 0.1) is 39.9 Å². The molecule has 10 heterocycles. The SMILES string of the molecule is Brc1ccc(-c2cn3ccccc3n2)cc1.Brc1ccc(-c2nc3ccccn3c2-c2ccccc2)cc1.Brc1ccc(-c2nc3ccccn3c2-c2ccccc2)cc1.Brc1ccc(-c2nc3ccccn3c2I)cc1.C.OB(O)C1=CC=C2C=CC3=C4C(=CC=C1C24)CC=C3.c1ccc(-c2c(-c3ccc(-c4ccc5ccc6cccc7ccc4c5c67)cc3)nc3ccccn23)cc1. The summed E-state index contributed by atoms with van der Waals surface area (Å²) in [7, 11) is -1.41. The first-order chi connectivity index (χ1) is 65.3. The van der Waals surface area contributed by atoms with Crippen LogP contribution in [0.15, 0.2) is 495 Å². The average Bonchev–Trinajstić information content (AvgIpc) is 1.41. The summed E-state index contributed by atoms with van der Waals surface area (Å²) in [6.07, 6.45) is 29.9. The Morgan fingerprint density at radius 1 is 0.328 bits per heavy atom. The van der Waals surface area contributed by atoms with Crippen LogP contribution in [0.25, 0.3) is 162 Å². The lowest BCUT2D eigenvalue weighted by molar-refractivity contribution is 0.419. The quantitative estimate of drug-likeness (QED) is 0.0793. The lowest BCUT2D eigenvalue weighted by Gasteiger charge is -2.37. The van der Waals surface area contributed by atoms with E-state index in [9.17, 15) is 10.0 Å². The van der Waals surface area contributed by atoms with Crippen LogP contribution < -0.4 is 0 Å². The number of pyridine rings is 5. The minimum absolute atomic E-state index is 0. The van der Waals surface area contributed by atoms with E-state index in [4.69, 9.17) is 15.0 Å². The van der Waals surface area contributed by atoms with Crippen LogP contribution in [0.1, 0.15) is 13.8 Å². The van der Waals surface area contributed by atoms with Gasteiger partial charge in [-0.05, 0) is 215 Å². The fourth-order valence-corrected chi connectivity index (χ4v) is 19.9. The van der Waals surface area contributed by atoms with Gasteiger partial charge >= 0.3 is 7.12 Å². The van der Waals surface area contributed by atoms with Gasteiger partial charge in [-0.25, -0.2) is 24.9 Å². The summed E-state index contributed by atoms with van der Waals surface area (Å²) in [6.45, 7) is 0. The van der Waals surface area contributed by atoms with Crippen molar-refractivity contribution in [1.29, 1.82) is 0 Å². The summed E-state index contributed by atoms with van der Waals surface area (Å²) in [5.74, 6) is 0.173. The maximum Gasteiger partial charge on any atom is 0.488 e. The van der Waals surface area contributed by atoms with Crippen LogP contribution in [0, 0.1) is 9.62 Å². The number of aromatic nitrogens is 10. The fraction of sp³-hybridized carbons (Fsp3) is 0.0259. The normalized spacial score (nSPS) is 13.3. The van der Waals surface area contributed by atoms with Crippen molar-refractivity contribution in [3.63, 3.8) is 0 Å². The third kappa shape index (κ3) is 17.8. The molecule has 1 atom stereocenters. The van der Waals surface area contributed by atoms with Crippen molar-refractivity contribution in [3.05, 3.63) is 499 Å². The van der Waals surface area contributed by atoms with E-state index in [-0.39, 0.29) is 13.3 Å². The van der Waals surface area contributed by atoms with Crippen LogP contribution in [0.4, 0.5) is 0 Å². The van der Waals surface area contributed by atoms with Gasteiger partial charge in [0.25, 0.3) is 0 Å². The smallest absolute Gasteiger partial charge is 0.423 e. The molecule has 12 nitrogen and oxygen atoms in total. The molecule has 134 heavy (non-hydrogen) atoms. The molecule has 0 fully saturated rings. The second-order valence-electron chi connectivity index (χ2n) is 32.4. The first-order valence-electron chi connectivity index (χ1n) is 43.6. The molecule has 0 radical (unpaired) electrons. The molecule has 0 saturated carbocycles. The standard InChI is InChI=1S/C35H22N2.2C19H13BrN2.C16H13BO2.C13H8BrIN2.C13H9BrN2.CH4/c1-2-7-28(8-3-1)35-34(36-31-11-4-5-22-37(31)35)27-16-12-23(13-17-27)29-20-18-26-15-14-24-9-6-10-25-19-21-30(29)33(26)32(24)25;2*20-16-11-9-14(10-12-16)18-19(15-6-2-1-3-7-15)22-13-5-4-8-17(22)21-18;18-17(19)14-9-7-12-5-4-10-2-1-3-11-6-8-13(14)16(12)15(10)11;14-10-6-4-9(5-7-10)12-13(15)17-8-2-1-3-11(17)16-12;14-11-6-4-10(5-7-11)12-9-16-8-2-1-3-13(16)15-12;/h1-22H;2*1-13H;1-2,4-9,16,18-19H,3H2;1-8H;1-9H;1H4. The van der Waals surface area contributed by atoms with Crippen LogP contribution in [0.3, 0.4) is 0 Å². The molecular formula is C116H82BBr4IN10O2. The highest BCUT2D eigenvalue weighted by Gasteiger charge is 2.37. The summed E-state index contributed by atoms with van der Waals surface area (Å²) in [5, 5.41) is 26.9. The molecule has 2 N–H and O–H groups in total. The summed E-state index contributed by atoms with van der Waals surface area (Å²) in [6, 6.07) is 124. The largest absolute Gasteiger partial charge is 0.488 e. The van der Waals surface area contributed by atoms with Crippen molar-refractivity contribution in [3.8, 4) is 101 Å². The highest BCUT2D eigenvalue weighted by atomic mass is 127. The van der Waals surface area contributed by atoms with Crippen molar-refractivity contribution >= 4 is 154 Å². The number of hydrogen-bond donors (Lipinski definition) is 2. The van der Waals surface area contributed by atoms with E-state index < -0.39 is 7.12 Å². The molecule has 0 saturated heterocycles. The second-order valence-corrected chi connectivity index (χ2v) is 37.1. The third-order valence-electron chi connectivity index (χ3n) is 24.3. The molecule has 4 aliphatic rings.